The number of nitrogens with zero attached hydrogens (tertiary/aromatic N) is 1. The van der Waals surface area contributed by atoms with Crippen molar-refractivity contribution in [3.05, 3.63) is 52.5 Å². The van der Waals surface area contributed by atoms with Gasteiger partial charge in [0.05, 0.1) is 13.3 Å². The number of hydrazone groups is 1. The van der Waals surface area contributed by atoms with Gasteiger partial charge in [-0.3, -0.25) is 4.79 Å². The molecule has 0 fully saturated rings. The first-order valence-corrected chi connectivity index (χ1v) is 8.54. The molecule has 1 atom stereocenters. The van der Waals surface area contributed by atoms with Crippen LogP contribution in [0.2, 0.25) is 0 Å². The van der Waals surface area contributed by atoms with Gasteiger partial charge in [-0.1, -0.05) is 22.9 Å². The number of hydrogen-bond donors (Lipinski definition) is 3. The Labute approximate surface area is 155 Å². The molecule has 0 spiro atoms. The number of rotatable bonds is 7. The van der Waals surface area contributed by atoms with E-state index in [1.54, 1.807) is 12.1 Å². The highest BCUT2D eigenvalue weighted by Crippen LogP contribution is 2.21. The number of methoxy groups -OCH3 is 1. The molecule has 0 saturated heterocycles. The lowest BCUT2D eigenvalue weighted by Gasteiger charge is -2.16. The number of phenolic OH excluding ortho intramolecular Hbond substituents is 1. The first-order chi connectivity index (χ1) is 12.0. The second kappa shape index (κ2) is 9.08. The van der Waals surface area contributed by atoms with Gasteiger partial charge in [-0.15, -0.1) is 0 Å². The lowest BCUT2D eigenvalue weighted by Crippen LogP contribution is -2.36. The Morgan fingerprint density at radius 2 is 2.04 bits per heavy atom. The van der Waals surface area contributed by atoms with Crippen LogP contribution in [-0.4, -0.2) is 30.4 Å². The van der Waals surface area contributed by atoms with Gasteiger partial charge in [-0.25, -0.2) is 5.43 Å². The van der Waals surface area contributed by atoms with Crippen molar-refractivity contribution in [3.63, 3.8) is 0 Å². The van der Waals surface area contributed by atoms with Crippen LogP contribution in [0.4, 0.5) is 5.69 Å². The van der Waals surface area contributed by atoms with Gasteiger partial charge in [-0.2, -0.15) is 5.10 Å². The fourth-order valence-corrected chi connectivity index (χ4v) is 2.37. The fraction of sp³-hybridized carbons (Fsp3) is 0.222. The Bertz CT molecular complexity index is 748. The van der Waals surface area contributed by atoms with Gasteiger partial charge in [-0.05, 0) is 48.9 Å². The normalized spacial score (nSPS) is 12.0. The predicted molar refractivity (Wildman–Crippen MR) is 102 cm³/mol. The molecule has 1 unspecified atom stereocenters. The van der Waals surface area contributed by atoms with Gasteiger partial charge in [0.2, 0.25) is 0 Å². The van der Waals surface area contributed by atoms with Crippen molar-refractivity contribution in [1.82, 2.24) is 5.43 Å². The zero-order valence-corrected chi connectivity index (χ0v) is 15.6. The number of nitrogens with one attached hydrogen (secondary N) is 2. The number of ether oxygens (including phenoxy) is 1. The van der Waals surface area contributed by atoms with E-state index in [0.717, 1.165) is 10.2 Å². The number of benzene rings is 2. The average Bonchev–Trinajstić information content (AvgIpc) is 2.62. The van der Waals surface area contributed by atoms with Crippen LogP contribution in [0.3, 0.4) is 0 Å². The summed E-state index contributed by atoms with van der Waals surface area (Å²) in [6.45, 7) is 1.91. The molecular formula is C18H20BrN3O3. The number of phenols is 1. The summed E-state index contributed by atoms with van der Waals surface area (Å²) in [5.74, 6) is 0.386. The molecule has 6 nitrogen and oxygen atoms in total. The van der Waals surface area contributed by atoms with E-state index < -0.39 is 6.04 Å². The highest BCUT2D eigenvalue weighted by molar-refractivity contribution is 9.10. The molecule has 2 aromatic carbocycles. The first kappa shape index (κ1) is 18.8. The SMILES string of the molecule is CCC(Nc1ccc(Br)cc1)C(=O)N/N=C/c1cc(OC)ccc1O. The summed E-state index contributed by atoms with van der Waals surface area (Å²) in [6.07, 6.45) is 1.98. The van der Waals surface area contributed by atoms with Gasteiger partial charge in [0.1, 0.15) is 17.5 Å². The molecule has 0 aliphatic carbocycles. The lowest BCUT2D eigenvalue weighted by atomic mass is 10.2. The minimum Gasteiger partial charge on any atom is -0.507 e. The summed E-state index contributed by atoms with van der Waals surface area (Å²) in [4.78, 5) is 12.3. The molecule has 0 aliphatic heterocycles. The van der Waals surface area contributed by atoms with Crippen LogP contribution in [-0.2, 0) is 4.79 Å². The molecule has 2 rings (SSSR count). The van der Waals surface area contributed by atoms with Gasteiger partial charge < -0.3 is 15.2 Å². The highest BCUT2D eigenvalue weighted by Gasteiger charge is 2.15. The molecule has 0 bridgehead atoms. The Balaban J connectivity index is 1.98. The Morgan fingerprint density at radius 3 is 2.68 bits per heavy atom. The lowest BCUT2D eigenvalue weighted by molar-refractivity contribution is -0.121. The molecule has 1 amide bonds. The molecule has 0 aliphatic rings. The molecule has 0 aromatic heterocycles. The summed E-state index contributed by atoms with van der Waals surface area (Å²) in [5, 5.41) is 16.9. The highest BCUT2D eigenvalue weighted by atomic mass is 79.9. The Morgan fingerprint density at radius 1 is 1.32 bits per heavy atom. The largest absolute Gasteiger partial charge is 0.507 e. The number of anilines is 1. The third-order valence-corrected chi connectivity index (χ3v) is 4.05. The minimum absolute atomic E-state index is 0.0545. The van der Waals surface area contributed by atoms with E-state index in [0.29, 0.717) is 17.7 Å². The van der Waals surface area contributed by atoms with Gasteiger partial charge in [0.25, 0.3) is 5.91 Å². The summed E-state index contributed by atoms with van der Waals surface area (Å²) >= 11 is 3.37. The number of aromatic hydroxyl groups is 1. The Kier molecular flexibility index (Phi) is 6.82. The molecule has 0 heterocycles. The number of carbonyl (C=O) groups is 1. The molecule has 132 valence electrons. The standard InChI is InChI=1S/C18H20BrN3O3/c1-3-16(21-14-6-4-13(19)5-7-14)18(24)22-20-11-12-10-15(25-2)8-9-17(12)23/h4-11,16,21,23H,3H2,1-2H3,(H,22,24)/b20-11+. The Hall–Kier alpha value is -2.54. The van der Waals surface area contributed by atoms with Crippen LogP contribution in [0.25, 0.3) is 0 Å². The third-order valence-electron chi connectivity index (χ3n) is 3.52. The van der Waals surface area contributed by atoms with Crippen LogP contribution < -0.4 is 15.5 Å². The van der Waals surface area contributed by atoms with Crippen LogP contribution in [0.1, 0.15) is 18.9 Å². The molecule has 3 N–H and O–H groups in total. The summed E-state index contributed by atoms with van der Waals surface area (Å²) in [6, 6.07) is 11.9. The minimum atomic E-state index is -0.419. The maximum atomic E-state index is 12.3. The third kappa shape index (κ3) is 5.49. The molecule has 0 saturated carbocycles. The molecule has 2 aromatic rings. The second-order valence-electron chi connectivity index (χ2n) is 5.27. The van der Waals surface area contributed by atoms with Gasteiger partial charge in [0, 0.05) is 15.7 Å². The number of hydrogen-bond acceptors (Lipinski definition) is 5. The number of amides is 1. The number of carbonyl (C=O) groups excluding carboxylic acids is 1. The van der Waals surface area contributed by atoms with Crippen molar-refractivity contribution in [3.8, 4) is 11.5 Å². The maximum absolute atomic E-state index is 12.3. The van der Waals surface area contributed by atoms with Crippen LogP contribution in [0.5, 0.6) is 11.5 Å². The number of halogens is 1. The van der Waals surface area contributed by atoms with Crippen molar-refractivity contribution in [2.45, 2.75) is 19.4 Å². The maximum Gasteiger partial charge on any atom is 0.262 e. The smallest absolute Gasteiger partial charge is 0.262 e. The summed E-state index contributed by atoms with van der Waals surface area (Å²) in [5.41, 5.74) is 3.78. The monoisotopic (exact) mass is 405 g/mol. The molecule has 7 heteroatoms. The van der Waals surface area contributed by atoms with Crippen molar-refractivity contribution < 1.29 is 14.6 Å². The van der Waals surface area contributed by atoms with E-state index >= 15 is 0 Å². The topological polar surface area (TPSA) is 83.0 Å². The molecule has 0 radical (unpaired) electrons. The van der Waals surface area contributed by atoms with E-state index in [4.69, 9.17) is 4.74 Å². The second-order valence-corrected chi connectivity index (χ2v) is 6.19. The molecule has 25 heavy (non-hydrogen) atoms. The van der Waals surface area contributed by atoms with E-state index in [1.165, 1.54) is 19.4 Å². The van der Waals surface area contributed by atoms with E-state index in [-0.39, 0.29) is 11.7 Å². The van der Waals surface area contributed by atoms with Crippen molar-refractivity contribution in [2.24, 2.45) is 5.10 Å². The quantitative estimate of drug-likeness (QED) is 0.486. The molecular weight excluding hydrogens is 386 g/mol. The summed E-state index contributed by atoms with van der Waals surface area (Å²) < 4.78 is 6.06. The summed E-state index contributed by atoms with van der Waals surface area (Å²) in [7, 11) is 1.54. The zero-order valence-electron chi connectivity index (χ0n) is 14.0. The van der Waals surface area contributed by atoms with Gasteiger partial charge >= 0.3 is 0 Å². The predicted octanol–water partition coefficient (Wildman–Crippen LogP) is 3.50. The van der Waals surface area contributed by atoms with Crippen LogP contribution >= 0.6 is 15.9 Å². The average molecular weight is 406 g/mol. The van der Waals surface area contributed by atoms with Gasteiger partial charge in [0.15, 0.2) is 0 Å². The fourth-order valence-electron chi connectivity index (χ4n) is 2.11. The zero-order chi connectivity index (χ0) is 18.2. The first-order valence-electron chi connectivity index (χ1n) is 7.75. The van der Waals surface area contributed by atoms with E-state index in [1.807, 2.05) is 31.2 Å². The van der Waals surface area contributed by atoms with Crippen molar-refractivity contribution >= 4 is 33.7 Å². The van der Waals surface area contributed by atoms with Crippen LogP contribution in [0, 0.1) is 0 Å². The van der Waals surface area contributed by atoms with Crippen molar-refractivity contribution in [2.75, 3.05) is 12.4 Å². The van der Waals surface area contributed by atoms with Crippen LogP contribution in [0.15, 0.2) is 52.0 Å². The van der Waals surface area contributed by atoms with Crippen molar-refractivity contribution in [1.29, 1.82) is 0 Å². The van der Waals surface area contributed by atoms with E-state index in [9.17, 15) is 9.90 Å². The van der Waals surface area contributed by atoms with E-state index in [2.05, 4.69) is 31.8 Å².